The predicted molar refractivity (Wildman–Crippen MR) is 63.0 cm³/mol. The van der Waals surface area contributed by atoms with Gasteiger partial charge >= 0.3 is 0 Å². The number of nitrogens with zero attached hydrogens (tertiary/aromatic N) is 3. The first kappa shape index (κ1) is 11.5. The lowest BCUT2D eigenvalue weighted by Gasteiger charge is -2.31. The minimum absolute atomic E-state index is 0.622. The molecule has 2 N–H and O–H groups in total. The van der Waals surface area contributed by atoms with E-state index in [1.807, 2.05) is 0 Å². The van der Waals surface area contributed by atoms with E-state index in [0.717, 1.165) is 18.9 Å². The SMILES string of the molecule is C[C@@H]1CCC[C@H](CN(C)Cc2ncn[nH]2)N1. The molecule has 0 aliphatic carbocycles. The quantitative estimate of drug-likeness (QED) is 0.791. The number of hydrogen-bond acceptors (Lipinski definition) is 4. The Morgan fingerprint density at radius 1 is 1.50 bits per heavy atom. The second kappa shape index (κ2) is 5.41. The molecule has 2 atom stereocenters. The van der Waals surface area contributed by atoms with Gasteiger partial charge in [0.1, 0.15) is 12.2 Å². The van der Waals surface area contributed by atoms with Crippen molar-refractivity contribution in [3.8, 4) is 0 Å². The van der Waals surface area contributed by atoms with Crippen molar-refractivity contribution in [1.82, 2.24) is 25.4 Å². The maximum atomic E-state index is 4.14. The van der Waals surface area contributed by atoms with Crippen LogP contribution in [-0.4, -0.2) is 45.8 Å². The minimum Gasteiger partial charge on any atom is -0.310 e. The number of H-pyrrole nitrogens is 1. The van der Waals surface area contributed by atoms with Gasteiger partial charge in [0.05, 0.1) is 6.54 Å². The predicted octanol–water partition coefficient (Wildman–Crippen LogP) is 0.767. The Balaban J connectivity index is 1.76. The van der Waals surface area contributed by atoms with Gasteiger partial charge in [0.25, 0.3) is 0 Å². The molecule has 16 heavy (non-hydrogen) atoms. The first-order valence-electron chi connectivity index (χ1n) is 6.03. The number of nitrogens with one attached hydrogen (secondary N) is 2. The van der Waals surface area contributed by atoms with Crippen LogP contribution in [0.4, 0.5) is 0 Å². The Morgan fingerprint density at radius 2 is 2.38 bits per heavy atom. The van der Waals surface area contributed by atoms with Crippen LogP contribution in [0.3, 0.4) is 0 Å². The number of piperidine rings is 1. The lowest BCUT2D eigenvalue weighted by molar-refractivity contribution is 0.232. The van der Waals surface area contributed by atoms with Gasteiger partial charge < -0.3 is 5.32 Å². The van der Waals surface area contributed by atoms with Crippen molar-refractivity contribution in [3.63, 3.8) is 0 Å². The summed E-state index contributed by atoms with van der Waals surface area (Å²) in [7, 11) is 2.13. The van der Waals surface area contributed by atoms with Gasteiger partial charge in [-0.3, -0.25) is 10.00 Å². The maximum Gasteiger partial charge on any atom is 0.138 e. The third kappa shape index (κ3) is 3.28. The largest absolute Gasteiger partial charge is 0.310 e. The molecule has 1 aliphatic heterocycles. The Labute approximate surface area is 96.6 Å². The summed E-state index contributed by atoms with van der Waals surface area (Å²) in [4.78, 5) is 6.42. The molecule has 1 aliphatic rings. The first-order valence-corrected chi connectivity index (χ1v) is 6.03. The van der Waals surface area contributed by atoms with E-state index in [-0.39, 0.29) is 0 Å². The van der Waals surface area contributed by atoms with Crippen molar-refractivity contribution >= 4 is 0 Å². The second-order valence-electron chi connectivity index (χ2n) is 4.82. The van der Waals surface area contributed by atoms with E-state index in [1.165, 1.54) is 19.3 Å². The number of aromatic nitrogens is 3. The van der Waals surface area contributed by atoms with Gasteiger partial charge in [-0.05, 0) is 26.8 Å². The summed E-state index contributed by atoms with van der Waals surface area (Å²) in [5, 5.41) is 10.4. The highest BCUT2D eigenvalue weighted by atomic mass is 15.2. The van der Waals surface area contributed by atoms with Crippen LogP contribution in [0.5, 0.6) is 0 Å². The van der Waals surface area contributed by atoms with Crippen molar-refractivity contribution in [2.24, 2.45) is 0 Å². The molecule has 1 saturated heterocycles. The molecule has 1 aromatic rings. The molecule has 2 heterocycles. The highest BCUT2D eigenvalue weighted by molar-refractivity contribution is 4.83. The zero-order valence-corrected chi connectivity index (χ0v) is 10.1. The van der Waals surface area contributed by atoms with E-state index >= 15 is 0 Å². The zero-order valence-electron chi connectivity index (χ0n) is 10.1. The second-order valence-corrected chi connectivity index (χ2v) is 4.82. The van der Waals surface area contributed by atoms with E-state index in [2.05, 4.69) is 39.4 Å². The van der Waals surface area contributed by atoms with Crippen LogP contribution in [0.15, 0.2) is 6.33 Å². The van der Waals surface area contributed by atoms with Crippen LogP contribution < -0.4 is 5.32 Å². The summed E-state index contributed by atoms with van der Waals surface area (Å²) >= 11 is 0. The van der Waals surface area contributed by atoms with Crippen molar-refractivity contribution < 1.29 is 0 Å². The van der Waals surface area contributed by atoms with Crippen LogP contribution >= 0.6 is 0 Å². The number of aromatic amines is 1. The van der Waals surface area contributed by atoms with Crippen molar-refractivity contribution in [3.05, 3.63) is 12.2 Å². The molecule has 0 aromatic carbocycles. The lowest BCUT2D eigenvalue weighted by atomic mass is 9.99. The maximum absolute atomic E-state index is 4.14. The average Bonchev–Trinajstić information content (AvgIpc) is 2.70. The van der Waals surface area contributed by atoms with Gasteiger partial charge in [-0.2, -0.15) is 5.10 Å². The van der Waals surface area contributed by atoms with Gasteiger partial charge in [0, 0.05) is 18.6 Å². The van der Waals surface area contributed by atoms with Crippen LogP contribution in [0, 0.1) is 0 Å². The molecule has 0 radical (unpaired) electrons. The van der Waals surface area contributed by atoms with Gasteiger partial charge in [-0.25, -0.2) is 4.98 Å². The smallest absolute Gasteiger partial charge is 0.138 e. The Morgan fingerprint density at radius 3 is 3.06 bits per heavy atom. The zero-order chi connectivity index (χ0) is 11.4. The van der Waals surface area contributed by atoms with E-state index < -0.39 is 0 Å². The molecular weight excluding hydrogens is 202 g/mol. The summed E-state index contributed by atoms with van der Waals surface area (Å²) in [5.74, 6) is 0.936. The van der Waals surface area contributed by atoms with E-state index in [1.54, 1.807) is 6.33 Å². The Kier molecular flexibility index (Phi) is 3.90. The highest BCUT2D eigenvalue weighted by Gasteiger charge is 2.19. The summed E-state index contributed by atoms with van der Waals surface area (Å²) in [6.45, 7) is 4.18. The normalized spacial score (nSPS) is 26.2. The molecule has 0 spiro atoms. The first-order chi connectivity index (χ1) is 7.74. The number of likely N-dealkylation sites (N-methyl/N-ethyl adjacent to an activating group) is 1. The molecule has 0 unspecified atom stereocenters. The molecular formula is C11H21N5. The molecule has 90 valence electrons. The summed E-state index contributed by atoms with van der Waals surface area (Å²) in [5.41, 5.74) is 0. The topological polar surface area (TPSA) is 56.8 Å². The van der Waals surface area contributed by atoms with E-state index in [9.17, 15) is 0 Å². The molecule has 1 aromatic heterocycles. The van der Waals surface area contributed by atoms with Crippen molar-refractivity contribution in [2.45, 2.75) is 44.8 Å². The summed E-state index contributed by atoms with van der Waals surface area (Å²) < 4.78 is 0. The monoisotopic (exact) mass is 223 g/mol. The standard InChI is InChI=1S/C11H21N5/c1-9-4-3-5-10(14-9)6-16(2)7-11-12-8-13-15-11/h8-10,14H,3-7H2,1-2H3,(H,12,13,15)/t9-,10-/m1/s1. The molecule has 5 nitrogen and oxygen atoms in total. The number of rotatable bonds is 4. The van der Waals surface area contributed by atoms with Gasteiger partial charge in [0.2, 0.25) is 0 Å². The molecule has 2 rings (SSSR count). The summed E-state index contributed by atoms with van der Waals surface area (Å²) in [6.07, 6.45) is 5.49. The van der Waals surface area contributed by atoms with Gasteiger partial charge in [-0.1, -0.05) is 6.42 Å². The minimum atomic E-state index is 0.622. The molecule has 5 heteroatoms. The van der Waals surface area contributed by atoms with E-state index in [0.29, 0.717) is 12.1 Å². The summed E-state index contributed by atoms with van der Waals surface area (Å²) in [6, 6.07) is 1.29. The Hall–Kier alpha value is -0.940. The molecule has 0 amide bonds. The third-order valence-corrected chi connectivity index (χ3v) is 3.13. The van der Waals surface area contributed by atoms with Crippen LogP contribution in [0.25, 0.3) is 0 Å². The molecule has 0 bridgehead atoms. The lowest BCUT2D eigenvalue weighted by Crippen LogP contribution is -2.46. The highest BCUT2D eigenvalue weighted by Crippen LogP contribution is 2.13. The molecule has 0 saturated carbocycles. The van der Waals surface area contributed by atoms with Crippen LogP contribution in [0.1, 0.15) is 32.0 Å². The van der Waals surface area contributed by atoms with Gasteiger partial charge in [-0.15, -0.1) is 0 Å². The fourth-order valence-corrected chi connectivity index (χ4v) is 2.39. The fourth-order valence-electron chi connectivity index (χ4n) is 2.39. The van der Waals surface area contributed by atoms with Gasteiger partial charge in [0.15, 0.2) is 0 Å². The average molecular weight is 223 g/mol. The van der Waals surface area contributed by atoms with Crippen molar-refractivity contribution in [1.29, 1.82) is 0 Å². The fraction of sp³-hybridized carbons (Fsp3) is 0.818. The van der Waals surface area contributed by atoms with Crippen LogP contribution in [0.2, 0.25) is 0 Å². The molecule has 1 fully saturated rings. The van der Waals surface area contributed by atoms with Crippen molar-refractivity contribution in [2.75, 3.05) is 13.6 Å². The number of hydrogen-bond donors (Lipinski definition) is 2. The Bertz CT molecular complexity index is 297. The van der Waals surface area contributed by atoms with Crippen LogP contribution in [-0.2, 0) is 6.54 Å². The third-order valence-electron chi connectivity index (χ3n) is 3.13. The van der Waals surface area contributed by atoms with E-state index in [4.69, 9.17) is 0 Å².